The molecule has 0 spiro atoms. The molecule has 3 rings (SSSR count). The van der Waals surface area contributed by atoms with Gasteiger partial charge in [-0.3, -0.25) is 14.6 Å². The Kier molecular flexibility index (Phi) is 5.43. The molecule has 26 heavy (non-hydrogen) atoms. The second-order valence-electron chi connectivity index (χ2n) is 5.62. The smallest absolute Gasteiger partial charge is 0.271 e. The van der Waals surface area contributed by atoms with Gasteiger partial charge in [0.05, 0.1) is 19.9 Å². The van der Waals surface area contributed by atoms with Gasteiger partial charge < -0.3 is 20.4 Å². The lowest BCUT2D eigenvalue weighted by molar-refractivity contribution is -0.120. The van der Waals surface area contributed by atoms with Crippen LogP contribution in [-0.4, -0.2) is 47.0 Å². The third-order valence-corrected chi connectivity index (χ3v) is 3.81. The zero-order valence-electron chi connectivity index (χ0n) is 14.3. The summed E-state index contributed by atoms with van der Waals surface area (Å²) in [7, 11) is 1.63. The first-order valence-electron chi connectivity index (χ1n) is 8.12. The summed E-state index contributed by atoms with van der Waals surface area (Å²) in [6, 6.07) is 7.83. The first-order valence-corrected chi connectivity index (χ1v) is 8.12. The number of ether oxygens (including phenoxy) is 1. The van der Waals surface area contributed by atoms with Crippen LogP contribution in [0.15, 0.2) is 42.9 Å². The molecule has 0 saturated heterocycles. The molecule has 0 saturated carbocycles. The number of H-pyrrole nitrogens is 1. The number of rotatable bonds is 7. The van der Waals surface area contributed by atoms with Crippen molar-refractivity contribution in [3.63, 3.8) is 0 Å². The predicted octanol–water partition coefficient (Wildman–Crippen LogP) is 1.06. The van der Waals surface area contributed by atoms with Crippen molar-refractivity contribution in [2.45, 2.75) is 6.42 Å². The molecule has 8 heteroatoms. The van der Waals surface area contributed by atoms with Gasteiger partial charge in [0.2, 0.25) is 5.91 Å². The van der Waals surface area contributed by atoms with E-state index in [4.69, 9.17) is 4.74 Å². The van der Waals surface area contributed by atoms with Crippen molar-refractivity contribution < 1.29 is 14.3 Å². The number of hydrogen-bond acceptors (Lipinski definition) is 5. The third-order valence-electron chi connectivity index (χ3n) is 3.81. The van der Waals surface area contributed by atoms with Crippen LogP contribution in [-0.2, 0) is 11.2 Å². The lowest BCUT2D eigenvalue weighted by Gasteiger charge is -2.06. The fourth-order valence-electron chi connectivity index (χ4n) is 2.50. The SMILES string of the molecule is COc1ccc2[nH]c(CCNC(=O)CNC(=O)c3cnccn3)cc2c1. The van der Waals surface area contributed by atoms with E-state index in [1.54, 1.807) is 7.11 Å². The average Bonchev–Trinajstić information content (AvgIpc) is 3.08. The summed E-state index contributed by atoms with van der Waals surface area (Å²) < 4.78 is 5.21. The molecule has 0 radical (unpaired) electrons. The van der Waals surface area contributed by atoms with Crippen molar-refractivity contribution in [3.8, 4) is 5.75 Å². The highest BCUT2D eigenvalue weighted by molar-refractivity contribution is 5.94. The minimum Gasteiger partial charge on any atom is -0.497 e. The van der Waals surface area contributed by atoms with Crippen molar-refractivity contribution in [1.82, 2.24) is 25.6 Å². The molecule has 2 aromatic heterocycles. The zero-order chi connectivity index (χ0) is 18.4. The molecule has 2 heterocycles. The van der Waals surface area contributed by atoms with E-state index in [2.05, 4.69) is 25.6 Å². The molecule has 3 aromatic rings. The monoisotopic (exact) mass is 353 g/mol. The molecule has 0 aliphatic heterocycles. The van der Waals surface area contributed by atoms with E-state index in [0.29, 0.717) is 13.0 Å². The molecule has 0 atom stereocenters. The number of carbonyl (C=O) groups is 2. The molecule has 2 amide bonds. The second kappa shape index (κ2) is 8.11. The van der Waals surface area contributed by atoms with Crippen molar-refractivity contribution in [1.29, 1.82) is 0 Å². The molecular formula is C18H19N5O3. The third kappa shape index (κ3) is 4.35. The van der Waals surface area contributed by atoms with Crippen molar-refractivity contribution in [2.75, 3.05) is 20.2 Å². The van der Waals surface area contributed by atoms with Crippen LogP contribution in [0.4, 0.5) is 0 Å². The topological polar surface area (TPSA) is 109 Å². The Hall–Kier alpha value is -3.42. The number of carbonyl (C=O) groups excluding carboxylic acids is 2. The van der Waals surface area contributed by atoms with Crippen LogP contribution >= 0.6 is 0 Å². The zero-order valence-corrected chi connectivity index (χ0v) is 14.3. The number of benzene rings is 1. The van der Waals surface area contributed by atoms with E-state index in [0.717, 1.165) is 22.3 Å². The van der Waals surface area contributed by atoms with Gasteiger partial charge in [-0.2, -0.15) is 0 Å². The van der Waals surface area contributed by atoms with Crippen LogP contribution in [0.25, 0.3) is 10.9 Å². The van der Waals surface area contributed by atoms with Crippen LogP contribution in [0.5, 0.6) is 5.75 Å². The van der Waals surface area contributed by atoms with Crippen LogP contribution in [0.2, 0.25) is 0 Å². The molecule has 0 bridgehead atoms. The summed E-state index contributed by atoms with van der Waals surface area (Å²) in [5.41, 5.74) is 2.20. The largest absolute Gasteiger partial charge is 0.497 e. The van der Waals surface area contributed by atoms with Gasteiger partial charge in [0, 0.05) is 42.0 Å². The van der Waals surface area contributed by atoms with E-state index in [1.165, 1.54) is 18.6 Å². The Bertz CT molecular complexity index is 908. The van der Waals surface area contributed by atoms with E-state index >= 15 is 0 Å². The summed E-state index contributed by atoms with van der Waals surface area (Å²) in [4.78, 5) is 34.6. The molecule has 0 aliphatic carbocycles. The number of aromatic nitrogens is 3. The van der Waals surface area contributed by atoms with E-state index in [1.807, 2.05) is 24.3 Å². The quantitative estimate of drug-likeness (QED) is 0.588. The van der Waals surface area contributed by atoms with Gasteiger partial charge in [-0.05, 0) is 24.3 Å². The lowest BCUT2D eigenvalue weighted by atomic mass is 10.2. The fraction of sp³-hybridized carbons (Fsp3) is 0.222. The highest BCUT2D eigenvalue weighted by Gasteiger charge is 2.09. The van der Waals surface area contributed by atoms with Crippen LogP contribution in [0.3, 0.4) is 0 Å². The van der Waals surface area contributed by atoms with E-state index in [-0.39, 0.29) is 18.1 Å². The summed E-state index contributed by atoms with van der Waals surface area (Å²) >= 11 is 0. The highest BCUT2D eigenvalue weighted by atomic mass is 16.5. The molecule has 134 valence electrons. The molecule has 0 unspecified atom stereocenters. The Balaban J connectivity index is 1.44. The molecule has 0 aliphatic rings. The molecule has 3 N–H and O–H groups in total. The van der Waals surface area contributed by atoms with Crippen molar-refractivity contribution in [2.24, 2.45) is 0 Å². The number of amides is 2. The number of nitrogens with one attached hydrogen (secondary N) is 3. The summed E-state index contributed by atoms with van der Waals surface area (Å²) in [6.07, 6.45) is 4.90. The van der Waals surface area contributed by atoms with Gasteiger partial charge in [-0.1, -0.05) is 0 Å². The molecule has 0 fully saturated rings. The summed E-state index contributed by atoms with van der Waals surface area (Å²) in [5, 5.41) is 6.33. The highest BCUT2D eigenvalue weighted by Crippen LogP contribution is 2.21. The normalized spacial score (nSPS) is 10.5. The van der Waals surface area contributed by atoms with Crippen molar-refractivity contribution in [3.05, 3.63) is 54.2 Å². The maximum Gasteiger partial charge on any atom is 0.271 e. The summed E-state index contributed by atoms with van der Waals surface area (Å²) in [6.45, 7) is 0.350. The number of nitrogens with zero attached hydrogens (tertiary/aromatic N) is 2. The maximum absolute atomic E-state index is 11.8. The minimum atomic E-state index is -0.433. The van der Waals surface area contributed by atoms with Crippen LogP contribution < -0.4 is 15.4 Å². The molecular weight excluding hydrogens is 334 g/mol. The summed E-state index contributed by atoms with van der Waals surface area (Å²) in [5.74, 6) is 0.105. The Morgan fingerprint density at radius 1 is 1.19 bits per heavy atom. The number of methoxy groups -OCH3 is 1. The van der Waals surface area contributed by atoms with Gasteiger partial charge in [-0.25, -0.2) is 4.98 Å². The Morgan fingerprint density at radius 2 is 2.08 bits per heavy atom. The van der Waals surface area contributed by atoms with E-state index in [9.17, 15) is 9.59 Å². The second-order valence-corrected chi connectivity index (χ2v) is 5.62. The van der Waals surface area contributed by atoms with E-state index < -0.39 is 5.91 Å². The average molecular weight is 353 g/mol. The molecule has 1 aromatic carbocycles. The maximum atomic E-state index is 11.8. The van der Waals surface area contributed by atoms with Gasteiger partial charge in [0.15, 0.2) is 0 Å². The van der Waals surface area contributed by atoms with Crippen LogP contribution in [0, 0.1) is 0 Å². The van der Waals surface area contributed by atoms with Gasteiger partial charge >= 0.3 is 0 Å². The standard InChI is InChI=1S/C18H19N5O3/c1-26-14-2-3-15-12(9-14)8-13(23-15)4-5-21-17(24)11-22-18(25)16-10-19-6-7-20-16/h2-3,6-10,23H,4-5,11H2,1H3,(H,21,24)(H,22,25). The predicted molar refractivity (Wildman–Crippen MR) is 95.9 cm³/mol. The molecule has 8 nitrogen and oxygen atoms in total. The Labute approximate surface area is 150 Å². The lowest BCUT2D eigenvalue weighted by Crippen LogP contribution is -2.38. The van der Waals surface area contributed by atoms with Gasteiger partial charge in [0.25, 0.3) is 5.91 Å². The first kappa shape index (κ1) is 17.4. The first-order chi connectivity index (χ1) is 12.7. The van der Waals surface area contributed by atoms with Gasteiger partial charge in [-0.15, -0.1) is 0 Å². The number of hydrogen-bond donors (Lipinski definition) is 3. The fourth-order valence-corrected chi connectivity index (χ4v) is 2.50. The Morgan fingerprint density at radius 3 is 2.85 bits per heavy atom. The van der Waals surface area contributed by atoms with Crippen LogP contribution in [0.1, 0.15) is 16.2 Å². The number of fused-ring (bicyclic) bond motifs is 1. The van der Waals surface area contributed by atoms with Crippen molar-refractivity contribution >= 4 is 22.7 Å². The van der Waals surface area contributed by atoms with Gasteiger partial charge in [0.1, 0.15) is 11.4 Å². The minimum absolute atomic E-state index is 0.112. The number of aromatic amines is 1.